The normalized spacial score (nSPS) is 26.4. The quantitative estimate of drug-likeness (QED) is 0.860. The van der Waals surface area contributed by atoms with Crippen molar-refractivity contribution in [1.29, 1.82) is 0 Å². The molecule has 2 heterocycles. The van der Waals surface area contributed by atoms with Gasteiger partial charge in [-0.15, -0.1) is 0 Å². The number of anilines is 1. The van der Waals surface area contributed by atoms with Gasteiger partial charge < -0.3 is 9.64 Å². The van der Waals surface area contributed by atoms with Crippen molar-refractivity contribution in [3.05, 3.63) is 24.3 Å². The van der Waals surface area contributed by atoms with Crippen LogP contribution in [0.4, 0.5) is 5.69 Å². The van der Waals surface area contributed by atoms with E-state index in [-0.39, 0.29) is 5.75 Å². The van der Waals surface area contributed by atoms with E-state index < -0.39 is 9.84 Å². The minimum Gasteiger partial charge on any atom is -0.378 e. The number of rotatable bonds is 3. The van der Waals surface area contributed by atoms with E-state index in [1.165, 1.54) is 6.42 Å². The monoisotopic (exact) mass is 309 g/mol. The molecule has 0 aliphatic carbocycles. The zero-order valence-electron chi connectivity index (χ0n) is 12.5. The third kappa shape index (κ3) is 2.94. The molecular formula is C16H23NO3S. The van der Waals surface area contributed by atoms with Gasteiger partial charge in [-0.05, 0) is 31.4 Å². The summed E-state index contributed by atoms with van der Waals surface area (Å²) in [4.78, 5) is 2.71. The van der Waals surface area contributed by atoms with E-state index in [1.807, 2.05) is 18.2 Å². The van der Waals surface area contributed by atoms with Crippen LogP contribution in [-0.4, -0.2) is 40.0 Å². The first-order valence-corrected chi connectivity index (χ1v) is 9.45. The third-order valence-electron chi connectivity index (χ3n) is 4.64. The van der Waals surface area contributed by atoms with Crippen molar-refractivity contribution in [2.24, 2.45) is 5.92 Å². The molecule has 5 heteroatoms. The van der Waals surface area contributed by atoms with Crippen LogP contribution in [0.5, 0.6) is 0 Å². The van der Waals surface area contributed by atoms with E-state index in [9.17, 15) is 8.42 Å². The van der Waals surface area contributed by atoms with Gasteiger partial charge in [-0.25, -0.2) is 8.42 Å². The van der Waals surface area contributed by atoms with Crippen molar-refractivity contribution in [2.45, 2.75) is 37.2 Å². The molecule has 116 valence electrons. The van der Waals surface area contributed by atoms with Crippen molar-refractivity contribution in [3.63, 3.8) is 0 Å². The van der Waals surface area contributed by atoms with Crippen LogP contribution >= 0.6 is 0 Å². The smallest absolute Gasteiger partial charge is 0.180 e. The molecule has 0 spiro atoms. The molecule has 2 fully saturated rings. The van der Waals surface area contributed by atoms with Gasteiger partial charge in [-0.3, -0.25) is 0 Å². The zero-order chi connectivity index (χ0) is 14.9. The van der Waals surface area contributed by atoms with E-state index in [1.54, 1.807) is 13.0 Å². The average Bonchev–Trinajstić information content (AvgIpc) is 2.54. The highest BCUT2D eigenvalue weighted by atomic mass is 32.2. The molecule has 1 aromatic carbocycles. The molecule has 0 aromatic heterocycles. The number of benzene rings is 1. The van der Waals surface area contributed by atoms with E-state index in [0.29, 0.717) is 16.9 Å². The first-order chi connectivity index (χ1) is 10.1. The lowest BCUT2D eigenvalue weighted by molar-refractivity contribution is -0.0357. The standard InChI is InChI=1S/C16H23NO3S/c1-2-21(18,19)16-8-4-3-7-14(16)17-10-9-15-13(12-17)6-5-11-20-15/h3-4,7-8,13,15H,2,5-6,9-12H2,1H3. The van der Waals surface area contributed by atoms with Crippen molar-refractivity contribution >= 4 is 15.5 Å². The van der Waals surface area contributed by atoms with Gasteiger partial charge in [0, 0.05) is 25.6 Å². The van der Waals surface area contributed by atoms with Crippen molar-refractivity contribution in [2.75, 3.05) is 30.3 Å². The molecule has 0 amide bonds. The van der Waals surface area contributed by atoms with E-state index in [0.717, 1.165) is 38.2 Å². The Morgan fingerprint density at radius 3 is 2.90 bits per heavy atom. The van der Waals surface area contributed by atoms with Crippen LogP contribution < -0.4 is 4.90 Å². The highest BCUT2D eigenvalue weighted by Crippen LogP contribution is 2.34. The van der Waals surface area contributed by atoms with Crippen LogP contribution in [0.2, 0.25) is 0 Å². The first-order valence-electron chi connectivity index (χ1n) is 7.80. The number of para-hydroxylation sites is 1. The Labute approximate surface area is 127 Å². The number of sulfone groups is 1. The predicted octanol–water partition coefficient (Wildman–Crippen LogP) is 2.49. The molecule has 1 aromatic rings. The number of piperidine rings is 1. The van der Waals surface area contributed by atoms with Crippen LogP contribution in [0.25, 0.3) is 0 Å². The Morgan fingerprint density at radius 2 is 2.10 bits per heavy atom. The van der Waals surface area contributed by atoms with Gasteiger partial charge in [0.15, 0.2) is 9.84 Å². The Hall–Kier alpha value is -1.07. The summed E-state index contributed by atoms with van der Waals surface area (Å²) in [5, 5.41) is 0. The first kappa shape index (κ1) is 14.9. The van der Waals surface area contributed by atoms with Crippen LogP contribution in [-0.2, 0) is 14.6 Å². The van der Waals surface area contributed by atoms with E-state index in [4.69, 9.17) is 4.74 Å². The number of nitrogens with zero attached hydrogens (tertiary/aromatic N) is 1. The second-order valence-corrected chi connectivity index (χ2v) is 8.16. The van der Waals surface area contributed by atoms with Gasteiger partial charge in [0.2, 0.25) is 0 Å². The van der Waals surface area contributed by atoms with Crippen LogP contribution in [0.1, 0.15) is 26.2 Å². The Bertz CT molecular complexity index is 599. The van der Waals surface area contributed by atoms with Crippen molar-refractivity contribution < 1.29 is 13.2 Å². The topological polar surface area (TPSA) is 46.6 Å². The molecule has 0 saturated carbocycles. The van der Waals surface area contributed by atoms with Crippen LogP contribution in [0.3, 0.4) is 0 Å². The average molecular weight is 309 g/mol. The number of hydrogen-bond donors (Lipinski definition) is 0. The van der Waals surface area contributed by atoms with Crippen LogP contribution in [0, 0.1) is 5.92 Å². The molecule has 4 nitrogen and oxygen atoms in total. The SMILES string of the molecule is CCS(=O)(=O)c1ccccc1N1CCC2OCCCC2C1. The summed E-state index contributed by atoms with van der Waals surface area (Å²) in [5.74, 6) is 0.678. The fourth-order valence-electron chi connectivity index (χ4n) is 3.44. The molecule has 0 radical (unpaired) electrons. The fraction of sp³-hybridized carbons (Fsp3) is 0.625. The summed E-state index contributed by atoms with van der Waals surface area (Å²) in [6, 6.07) is 7.40. The van der Waals surface area contributed by atoms with Gasteiger partial charge in [-0.2, -0.15) is 0 Å². The lowest BCUT2D eigenvalue weighted by Crippen LogP contribution is -2.46. The highest BCUT2D eigenvalue weighted by Gasteiger charge is 2.33. The third-order valence-corrected chi connectivity index (χ3v) is 6.41. The second kappa shape index (κ2) is 5.97. The largest absolute Gasteiger partial charge is 0.378 e. The molecule has 2 atom stereocenters. The second-order valence-electron chi connectivity index (χ2n) is 5.92. The summed E-state index contributed by atoms with van der Waals surface area (Å²) in [6.07, 6.45) is 3.66. The summed E-state index contributed by atoms with van der Waals surface area (Å²) < 4.78 is 30.4. The van der Waals surface area contributed by atoms with Gasteiger partial charge in [0.05, 0.1) is 22.4 Å². The molecule has 3 rings (SSSR count). The molecular weight excluding hydrogens is 286 g/mol. The molecule has 21 heavy (non-hydrogen) atoms. The van der Waals surface area contributed by atoms with Crippen molar-refractivity contribution in [3.8, 4) is 0 Å². The molecule has 2 saturated heterocycles. The minimum absolute atomic E-state index is 0.146. The molecule has 0 bridgehead atoms. The zero-order valence-corrected chi connectivity index (χ0v) is 13.3. The van der Waals surface area contributed by atoms with E-state index >= 15 is 0 Å². The summed E-state index contributed by atoms with van der Waals surface area (Å²) in [6.45, 7) is 4.35. The summed E-state index contributed by atoms with van der Waals surface area (Å²) in [7, 11) is -3.18. The predicted molar refractivity (Wildman–Crippen MR) is 83.5 cm³/mol. The maximum Gasteiger partial charge on any atom is 0.180 e. The molecule has 2 aliphatic rings. The van der Waals surface area contributed by atoms with Gasteiger partial charge in [0.1, 0.15) is 0 Å². The number of fused-ring (bicyclic) bond motifs is 1. The maximum atomic E-state index is 12.3. The van der Waals surface area contributed by atoms with Gasteiger partial charge >= 0.3 is 0 Å². The summed E-state index contributed by atoms with van der Waals surface area (Å²) in [5.41, 5.74) is 0.864. The van der Waals surface area contributed by atoms with Crippen LogP contribution in [0.15, 0.2) is 29.2 Å². The van der Waals surface area contributed by atoms with Gasteiger partial charge in [-0.1, -0.05) is 19.1 Å². The molecule has 2 aliphatic heterocycles. The number of ether oxygens (including phenoxy) is 1. The van der Waals surface area contributed by atoms with E-state index in [2.05, 4.69) is 4.90 Å². The molecule has 0 N–H and O–H groups in total. The highest BCUT2D eigenvalue weighted by molar-refractivity contribution is 7.91. The summed E-state index contributed by atoms with van der Waals surface area (Å²) >= 11 is 0. The van der Waals surface area contributed by atoms with Gasteiger partial charge in [0.25, 0.3) is 0 Å². The maximum absolute atomic E-state index is 12.3. The Kier molecular flexibility index (Phi) is 4.22. The molecule has 2 unspecified atom stereocenters. The lowest BCUT2D eigenvalue weighted by Gasteiger charge is -2.42. The Morgan fingerprint density at radius 1 is 1.29 bits per heavy atom. The lowest BCUT2D eigenvalue weighted by atomic mass is 9.88. The Balaban J connectivity index is 1.88. The minimum atomic E-state index is -3.18. The number of hydrogen-bond acceptors (Lipinski definition) is 4. The fourth-order valence-corrected chi connectivity index (χ4v) is 4.56. The van der Waals surface area contributed by atoms with Crippen molar-refractivity contribution in [1.82, 2.24) is 0 Å².